The second-order valence-electron chi connectivity index (χ2n) is 5.69. The molecule has 0 radical (unpaired) electrons. The number of carbonyl (C=O) groups is 1. The van der Waals surface area contributed by atoms with Crippen molar-refractivity contribution in [2.45, 2.75) is 36.6 Å². The summed E-state index contributed by atoms with van der Waals surface area (Å²) in [6.07, 6.45) is 0.759. The Morgan fingerprint density at radius 3 is 3.00 bits per heavy atom. The lowest BCUT2D eigenvalue weighted by molar-refractivity contribution is -0.131. The van der Waals surface area contributed by atoms with E-state index in [-0.39, 0.29) is 16.7 Å². The number of hydrogen-bond acceptors (Lipinski definition) is 4. The topological polar surface area (TPSA) is 66.1 Å². The normalized spacial score (nSPS) is 19.1. The minimum atomic E-state index is -0.125. The number of nitrogens with one attached hydrogen (secondary N) is 1. The Kier molecular flexibility index (Phi) is 3.07. The standard InChI is InChI=1S/C16H15N3O2S/c1-9-17-12-8-19(7-11(12)15(20)18-9)16(21)14-6-10-4-2-3-5-13(10)22-14/h2-5,14H,6-8H2,1H3,(H,17,18,20)/t14-/m0/s1. The first-order chi connectivity index (χ1) is 10.6. The van der Waals surface area contributed by atoms with Crippen LogP contribution in [0, 0.1) is 6.92 Å². The predicted molar refractivity (Wildman–Crippen MR) is 83.6 cm³/mol. The summed E-state index contributed by atoms with van der Waals surface area (Å²) < 4.78 is 0. The highest BCUT2D eigenvalue weighted by atomic mass is 32.2. The second kappa shape index (κ2) is 4.98. The van der Waals surface area contributed by atoms with E-state index in [9.17, 15) is 9.59 Å². The second-order valence-corrected chi connectivity index (χ2v) is 6.93. The van der Waals surface area contributed by atoms with Crippen LogP contribution in [-0.2, 0) is 24.3 Å². The number of aromatic nitrogens is 2. The summed E-state index contributed by atoms with van der Waals surface area (Å²) in [6.45, 7) is 2.56. The molecule has 2 aliphatic heterocycles. The van der Waals surface area contributed by atoms with Crippen LogP contribution in [0.25, 0.3) is 0 Å². The molecule has 112 valence electrons. The Labute approximate surface area is 131 Å². The summed E-state index contributed by atoms with van der Waals surface area (Å²) in [5.41, 5.74) is 2.46. The number of H-pyrrole nitrogens is 1. The van der Waals surface area contributed by atoms with Crippen LogP contribution in [0.5, 0.6) is 0 Å². The first kappa shape index (κ1) is 13.6. The molecule has 6 heteroatoms. The van der Waals surface area contributed by atoms with E-state index in [1.807, 2.05) is 12.1 Å². The van der Waals surface area contributed by atoms with Crippen molar-refractivity contribution in [3.05, 3.63) is 57.3 Å². The molecule has 0 unspecified atom stereocenters. The molecule has 1 aromatic heterocycles. The zero-order chi connectivity index (χ0) is 15.3. The van der Waals surface area contributed by atoms with Gasteiger partial charge in [-0.2, -0.15) is 0 Å². The summed E-state index contributed by atoms with van der Waals surface area (Å²) in [6, 6.07) is 8.13. The maximum atomic E-state index is 12.7. The number of aromatic amines is 1. The van der Waals surface area contributed by atoms with Crippen molar-refractivity contribution in [3.63, 3.8) is 0 Å². The molecule has 1 atom stereocenters. The molecular weight excluding hydrogens is 298 g/mol. The number of benzene rings is 1. The van der Waals surface area contributed by atoms with E-state index in [0.29, 0.717) is 24.5 Å². The number of thioether (sulfide) groups is 1. The van der Waals surface area contributed by atoms with Gasteiger partial charge in [-0.15, -0.1) is 11.8 Å². The van der Waals surface area contributed by atoms with E-state index >= 15 is 0 Å². The van der Waals surface area contributed by atoms with Crippen LogP contribution < -0.4 is 5.56 Å². The van der Waals surface area contributed by atoms with Crippen LogP contribution in [0.2, 0.25) is 0 Å². The Morgan fingerprint density at radius 1 is 1.36 bits per heavy atom. The number of amides is 1. The van der Waals surface area contributed by atoms with Crippen LogP contribution in [0.4, 0.5) is 0 Å². The summed E-state index contributed by atoms with van der Waals surface area (Å²) >= 11 is 1.62. The van der Waals surface area contributed by atoms with Crippen LogP contribution >= 0.6 is 11.8 Å². The minimum absolute atomic E-state index is 0.0908. The van der Waals surface area contributed by atoms with Crippen molar-refractivity contribution >= 4 is 17.7 Å². The van der Waals surface area contributed by atoms with Gasteiger partial charge < -0.3 is 9.88 Å². The number of fused-ring (bicyclic) bond motifs is 2. The van der Waals surface area contributed by atoms with Gasteiger partial charge >= 0.3 is 0 Å². The smallest absolute Gasteiger partial charge is 0.256 e. The third-order valence-electron chi connectivity index (χ3n) is 4.14. The van der Waals surface area contributed by atoms with Crippen LogP contribution in [0.1, 0.15) is 22.6 Å². The molecule has 22 heavy (non-hydrogen) atoms. The molecule has 0 fully saturated rings. The van der Waals surface area contributed by atoms with Gasteiger partial charge in [0.05, 0.1) is 29.6 Å². The average molecular weight is 313 g/mol. The number of hydrogen-bond donors (Lipinski definition) is 1. The van der Waals surface area contributed by atoms with Gasteiger partial charge in [0, 0.05) is 4.90 Å². The van der Waals surface area contributed by atoms with E-state index in [4.69, 9.17) is 0 Å². The van der Waals surface area contributed by atoms with Crippen molar-refractivity contribution in [1.29, 1.82) is 0 Å². The van der Waals surface area contributed by atoms with E-state index in [1.165, 1.54) is 10.5 Å². The zero-order valence-corrected chi connectivity index (χ0v) is 12.9. The molecule has 1 N–H and O–H groups in total. The van der Waals surface area contributed by atoms with E-state index < -0.39 is 0 Å². The van der Waals surface area contributed by atoms with Gasteiger partial charge in [-0.25, -0.2) is 4.98 Å². The monoisotopic (exact) mass is 313 g/mol. The Hall–Kier alpha value is -2.08. The number of aryl methyl sites for hydroxylation is 1. The minimum Gasteiger partial charge on any atom is -0.331 e. The van der Waals surface area contributed by atoms with Crippen molar-refractivity contribution in [1.82, 2.24) is 14.9 Å². The number of nitrogens with zero attached hydrogens (tertiary/aromatic N) is 2. The third-order valence-corrected chi connectivity index (χ3v) is 5.45. The van der Waals surface area contributed by atoms with Gasteiger partial charge in [0.15, 0.2) is 0 Å². The first-order valence-corrected chi connectivity index (χ1v) is 8.12. The first-order valence-electron chi connectivity index (χ1n) is 7.24. The van der Waals surface area contributed by atoms with Crippen molar-refractivity contribution in [3.8, 4) is 0 Å². The van der Waals surface area contributed by atoms with Crippen molar-refractivity contribution in [2.75, 3.05) is 0 Å². The third kappa shape index (κ3) is 2.14. The highest BCUT2D eigenvalue weighted by molar-refractivity contribution is 8.01. The molecular formula is C16H15N3O2S. The molecule has 2 aliphatic rings. The van der Waals surface area contributed by atoms with Gasteiger partial charge in [-0.1, -0.05) is 18.2 Å². The summed E-state index contributed by atoms with van der Waals surface area (Å²) in [5, 5.41) is -0.0908. The predicted octanol–water partition coefficient (Wildman–Crippen LogP) is 1.64. The Balaban J connectivity index is 1.55. The Bertz CT molecular complexity index is 805. The molecule has 3 heterocycles. The highest BCUT2D eigenvalue weighted by Crippen LogP contribution is 2.38. The molecule has 0 spiro atoms. The Morgan fingerprint density at radius 2 is 2.18 bits per heavy atom. The fraction of sp³-hybridized carbons (Fsp3) is 0.312. The lowest BCUT2D eigenvalue weighted by Crippen LogP contribution is -2.34. The van der Waals surface area contributed by atoms with Crippen molar-refractivity contribution in [2.24, 2.45) is 0 Å². The maximum Gasteiger partial charge on any atom is 0.256 e. The molecule has 1 amide bonds. The van der Waals surface area contributed by atoms with E-state index in [2.05, 4.69) is 22.1 Å². The molecule has 0 saturated carbocycles. The molecule has 0 saturated heterocycles. The quantitative estimate of drug-likeness (QED) is 0.869. The lowest BCUT2D eigenvalue weighted by Gasteiger charge is -2.18. The number of carbonyl (C=O) groups excluding carboxylic acids is 1. The van der Waals surface area contributed by atoms with Crippen molar-refractivity contribution < 1.29 is 4.79 Å². The van der Waals surface area contributed by atoms with Gasteiger partial charge in [-0.05, 0) is 25.0 Å². The molecule has 2 aromatic rings. The maximum absolute atomic E-state index is 12.7. The summed E-state index contributed by atoms with van der Waals surface area (Å²) in [4.78, 5) is 34.7. The molecule has 1 aromatic carbocycles. The highest BCUT2D eigenvalue weighted by Gasteiger charge is 2.35. The number of rotatable bonds is 1. The SMILES string of the molecule is Cc1nc2c(c(=O)[nH]1)CN(C(=O)[C@@H]1Cc3ccccc3S1)C2. The fourth-order valence-corrected chi connectivity index (χ4v) is 4.35. The van der Waals surface area contributed by atoms with Gasteiger partial charge in [0.25, 0.3) is 5.56 Å². The average Bonchev–Trinajstić information content (AvgIpc) is 3.09. The fourth-order valence-electron chi connectivity index (χ4n) is 3.07. The van der Waals surface area contributed by atoms with E-state index in [1.54, 1.807) is 23.6 Å². The van der Waals surface area contributed by atoms with Crippen LogP contribution in [0.15, 0.2) is 34.0 Å². The molecule has 0 aliphatic carbocycles. The molecule has 4 rings (SSSR count). The van der Waals surface area contributed by atoms with Gasteiger partial charge in [0.2, 0.25) is 5.91 Å². The molecule has 5 nitrogen and oxygen atoms in total. The summed E-state index contributed by atoms with van der Waals surface area (Å²) in [5.74, 6) is 0.692. The lowest BCUT2D eigenvalue weighted by atomic mass is 10.1. The van der Waals surface area contributed by atoms with E-state index in [0.717, 1.165) is 12.1 Å². The van der Waals surface area contributed by atoms with Crippen LogP contribution in [0.3, 0.4) is 0 Å². The van der Waals surface area contributed by atoms with Crippen LogP contribution in [-0.4, -0.2) is 26.0 Å². The largest absolute Gasteiger partial charge is 0.331 e. The zero-order valence-electron chi connectivity index (χ0n) is 12.1. The van der Waals surface area contributed by atoms with Gasteiger partial charge in [-0.3, -0.25) is 9.59 Å². The molecule has 0 bridgehead atoms. The summed E-state index contributed by atoms with van der Waals surface area (Å²) in [7, 11) is 0. The van der Waals surface area contributed by atoms with Gasteiger partial charge in [0.1, 0.15) is 5.82 Å².